The van der Waals surface area contributed by atoms with E-state index >= 15 is 0 Å². The lowest BCUT2D eigenvalue weighted by atomic mass is 10.0. The topological polar surface area (TPSA) is 95.9 Å². The van der Waals surface area contributed by atoms with Gasteiger partial charge in [0.2, 0.25) is 5.91 Å². The number of ether oxygens (including phenoxy) is 1. The number of hydrogen-bond donors (Lipinski definition) is 3. The first kappa shape index (κ1) is 80.6. The number of esters is 1. The fourth-order valence-electron chi connectivity index (χ4n) is 12.3. The molecule has 0 spiro atoms. The Morgan fingerprint density at radius 2 is 0.573 bits per heavy atom. The van der Waals surface area contributed by atoms with E-state index in [0.717, 1.165) is 38.5 Å². The predicted octanol–water partition coefficient (Wildman–Crippen LogP) is 24.7. The molecule has 0 radical (unpaired) electrons. The number of carbonyl (C=O) groups is 2. The van der Waals surface area contributed by atoms with Crippen molar-refractivity contribution in [2.75, 3.05) is 13.2 Å². The van der Waals surface area contributed by atoms with E-state index in [4.69, 9.17) is 4.74 Å². The van der Waals surface area contributed by atoms with Crippen molar-refractivity contribution in [2.45, 2.75) is 450 Å². The van der Waals surface area contributed by atoms with Gasteiger partial charge in [0.15, 0.2) is 0 Å². The third-order valence-corrected chi connectivity index (χ3v) is 18.1. The molecule has 488 valence electrons. The summed E-state index contributed by atoms with van der Waals surface area (Å²) in [5, 5.41) is 23.4. The Morgan fingerprint density at radius 1 is 0.329 bits per heavy atom. The first-order valence-corrected chi connectivity index (χ1v) is 37.9. The molecule has 6 heteroatoms. The molecule has 82 heavy (non-hydrogen) atoms. The molecule has 0 aliphatic heterocycles. The summed E-state index contributed by atoms with van der Waals surface area (Å²) in [6, 6.07) is -0.539. The smallest absolute Gasteiger partial charge is 0.305 e. The van der Waals surface area contributed by atoms with Crippen LogP contribution in [0.5, 0.6) is 0 Å². The highest BCUT2D eigenvalue weighted by molar-refractivity contribution is 5.76. The number of aliphatic hydroxyl groups is 2. The fraction of sp³-hybridized carbons (Fsp3) is 0.947. The summed E-state index contributed by atoms with van der Waals surface area (Å²) >= 11 is 0. The average Bonchev–Trinajstić information content (AvgIpc) is 3.48. The van der Waals surface area contributed by atoms with Crippen molar-refractivity contribution in [3.05, 3.63) is 12.2 Å². The molecule has 0 heterocycles. The third-order valence-electron chi connectivity index (χ3n) is 18.1. The van der Waals surface area contributed by atoms with E-state index in [9.17, 15) is 19.8 Å². The standard InChI is InChI=1S/C76H149NO5/c1-3-5-7-9-11-13-15-17-19-20-38-41-44-48-52-56-60-64-68-74(79)73(72-78)77-75(80)69-65-61-57-53-49-45-42-39-36-34-32-30-28-26-24-22-21-23-25-27-29-31-33-35-37-40-43-47-51-55-59-63-67-71-82-76(81)70-66-62-58-54-50-46-18-16-14-12-10-8-6-4-2/h25,27,73-74,78-79H,3-24,26,28-72H2,1-2H3,(H,77,80)/b27-25-. The summed E-state index contributed by atoms with van der Waals surface area (Å²) in [6.07, 6.45) is 90.0. The van der Waals surface area contributed by atoms with E-state index in [2.05, 4.69) is 31.3 Å². The maximum absolute atomic E-state index is 12.5. The average molecular weight is 1160 g/mol. The second-order valence-corrected chi connectivity index (χ2v) is 26.3. The molecular weight excluding hydrogens is 1010 g/mol. The highest BCUT2D eigenvalue weighted by Crippen LogP contribution is 2.20. The van der Waals surface area contributed by atoms with Crippen molar-refractivity contribution in [1.29, 1.82) is 0 Å². The zero-order chi connectivity index (χ0) is 59.2. The van der Waals surface area contributed by atoms with Crippen molar-refractivity contribution in [3.8, 4) is 0 Å². The number of nitrogens with one attached hydrogen (secondary N) is 1. The fourth-order valence-corrected chi connectivity index (χ4v) is 12.3. The number of rotatable bonds is 72. The van der Waals surface area contributed by atoms with E-state index in [1.807, 2.05) is 0 Å². The van der Waals surface area contributed by atoms with Gasteiger partial charge in [0.1, 0.15) is 0 Å². The molecule has 0 saturated heterocycles. The van der Waals surface area contributed by atoms with E-state index in [-0.39, 0.29) is 18.5 Å². The van der Waals surface area contributed by atoms with Gasteiger partial charge < -0.3 is 20.3 Å². The van der Waals surface area contributed by atoms with Gasteiger partial charge in [0.05, 0.1) is 25.4 Å². The lowest BCUT2D eigenvalue weighted by Gasteiger charge is -2.22. The molecule has 6 nitrogen and oxygen atoms in total. The van der Waals surface area contributed by atoms with Crippen LogP contribution in [0.1, 0.15) is 438 Å². The second-order valence-electron chi connectivity index (χ2n) is 26.3. The first-order valence-electron chi connectivity index (χ1n) is 37.9. The Kier molecular flexibility index (Phi) is 70.8. The number of hydrogen-bond acceptors (Lipinski definition) is 5. The van der Waals surface area contributed by atoms with Crippen LogP contribution >= 0.6 is 0 Å². The largest absolute Gasteiger partial charge is 0.466 e. The van der Waals surface area contributed by atoms with Gasteiger partial charge >= 0.3 is 5.97 Å². The van der Waals surface area contributed by atoms with E-state index in [0.29, 0.717) is 25.9 Å². The molecule has 2 atom stereocenters. The predicted molar refractivity (Wildman–Crippen MR) is 361 cm³/mol. The molecule has 0 aromatic heterocycles. The van der Waals surface area contributed by atoms with E-state index in [1.54, 1.807) is 0 Å². The van der Waals surface area contributed by atoms with E-state index < -0.39 is 12.1 Å². The Morgan fingerprint density at radius 3 is 0.866 bits per heavy atom. The molecule has 1 amide bonds. The van der Waals surface area contributed by atoms with Gasteiger partial charge in [0, 0.05) is 12.8 Å². The molecule has 0 saturated carbocycles. The summed E-state index contributed by atoms with van der Waals surface area (Å²) in [4.78, 5) is 24.6. The molecule has 2 unspecified atom stereocenters. The van der Waals surface area contributed by atoms with Crippen LogP contribution in [-0.2, 0) is 14.3 Å². The van der Waals surface area contributed by atoms with Gasteiger partial charge in [-0.05, 0) is 51.4 Å². The summed E-state index contributed by atoms with van der Waals surface area (Å²) in [5.41, 5.74) is 0. The van der Waals surface area contributed by atoms with Crippen LogP contribution in [0.2, 0.25) is 0 Å². The van der Waals surface area contributed by atoms with Crippen LogP contribution < -0.4 is 5.32 Å². The van der Waals surface area contributed by atoms with Crippen LogP contribution in [0.3, 0.4) is 0 Å². The highest BCUT2D eigenvalue weighted by Gasteiger charge is 2.20. The van der Waals surface area contributed by atoms with Crippen LogP contribution in [0.25, 0.3) is 0 Å². The van der Waals surface area contributed by atoms with Crippen LogP contribution in [0.4, 0.5) is 0 Å². The lowest BCUT2D eigenvalue weighted by Crippen LogP contribution is -2.45. The zero-order valence-electron chi connectivity index (χ0n) is 56.0. The molecule has 0 bridgehead atoms. The van der Waals surface area contributed by atoms with Crippen molar-refractivity contribution >= 4 is 11.9 Å². The summed E-state index contributed by atoms with van der Waals surface area (Å²) in [5.74, 6) is -0.00510. The van der Waals surface area contributed by atoms with Crippen LogP contribution in [-0.4, -0.2) is 47.4 Å². The van der Waals surface area contributed by atoms with Crippen molar-refractivity contribution in [2.24, 2.45) is 0 Å². The minimum absolute atomic E-state index is 0.0221. The number of allylic oxidation sites excluding steroid dienone is 2. The molecule has 0 aromatic rings. The second kappa shape index (κ2) is 72.1. The molecule has 0 aliphatic rings. The minimum Gasteiger partial charge on any atom is -0.466 e. The number of carbonyl (C=O) groups excluding carboxylic acids is 2. The van der Waals surface area contributed by atoms with Crippen molar-refractivity contribution in [3.63, 3.8) is 0 Å². The maximum Gasteiger partial charge on any atom is 0.305 e. The molecule has 3 N–H and O–H groups in total. The summed E-state index contributed by atoms with van der Waals surface area (Å²) in [6.45, 7) is 5.01. The monoisotopic (exact) mass is 1160 g/mol. The zero-order valence-corrected chi connectivity index (χ0v) is 56.0. The SMILES string of the molecule is CCCCCCCCCCCCCCCCCCCCC(O)C(CO)NC(=O)CCCCCCCCCCCCCCCCCCC/C=C\CCCCCCCCCCCCCCOC(=O)CCCCCCCCCCCCCCCC. The molecule has 0 aliphatic carbocycles. The molecule has 0 aromatic carbocycles. The Balaban J connectivity index is 3.34. The van der Waals surface area contributed by atoms with Crippen molar-refractivity contribution in [1.82, 2.24) is 5.32 Å². The molecule has 0 fully saturated rings. The Hall–Kier alpha value is -1.40. The molecule has 0 rings (SSSR count). The van der Waals surface area contributed by atoms with Gasteiger partial charge in [-0.2, -0.15) is 0 Å². The normalized spacial score (nSPS) is 12.5. The lowest BCUT2D eigenvalue weighted by molar-refractivity contribution is -0.143. The Bertz CT molecular complexity index is 1240. The number of unbranched alkanes of at least 4 members (excludes halogenated alkanes) is 59. The van der Waals surface area contributed by atoms with Crippen molar-refractivity contribution < 1.29 is 24.5 Å². The van der Waals surface area contributed by atoms with Crippen LogP contribution in [0, 0.1) is 0 Å². The van der Waals surface area contributed by atoms with Gasteiger partial charge in [-0.1, -0.05) is 386 Å². The van der Waals surface area contributed by atoms with Gasteiger partial charge in [-0.15, -0.1) is 0 Å². The number of aliphatic hydroxyl groups excluding tert-OH is 2. The maximum atomic E-state index is 12.5. The summed E-state index contributed by atoms with van der Waals surface area (Å²) < 4.78 is 5.50. The third kappa shape index (κ3) is 67.7. The van der Waals surface area contributed by atoms with Gasteiger partial charge in [0.25, 0.3) is 0 Å². The first-order chi connectivity index (χ1) is 40.5. The van der Waals surface area contributed by atoms with Crippen LogP contribution in [0.15, 0.2) is 12.2 Å². The quantitative estimate of drug-likeness (QED) is 0.0320. The molecular formula is C76H149NO5. The number of amides is 1. The highest BCUT2D eigenvalue weighted by atomic mass is 16.5. The minimum atomic E-state index is -0.662. The van der Waals surface area contributed by atoms with Gasteiger partial charge in [-0.3, -0.25) is 9.59 Å². The van der Waals surface area contributed by atoms with Gasteiger partial charge in [-0.25, -0.2) is 0 Å². The van der Waals surface area contributed by atoms with E-state index in [1.165, 1.54) is 366 Å². The summed E-state index contributed by atoms with van der Waals surface area (Å²) in [7, 11) is 0. The Labute approximate surface area is 514 Å².